The molecule has 1 aliphatic rings. The minimum atomic E-state index is -0.231. The van der Waals surface area contributed by atoms with Crippen LogP contribution in [0.25, 0.3) is 0 Å². The fraction of sp³-hybridized carbons (Fsp3) is 1.00. The second kappa shape index (κ2) is 4.94. The minimum absolute atomic E-state index is 0.231. The molecule has 1 N–H and O–H groups in total. The number of nitrogens with zero attached hydrogens (tertiary/aromatic N) is 1. The number of β-amino-alcohol motifs (C(OH)–C–C–N with tert-alkyl or cyclic N) is 1. The van der Waals surface area contributed by atoms with Crippen LogP contribution >= 0.6 is 0 Å². The van der Waals surface area contributed by atoms with Crippen molar-refractivity contribution in [3.63, 3.8) is 0 Å². The monoisotopic (exact) mass is 187 g/mol. The molecule has 0 saturated carbocycles. The molecule has 0 spiro atoms. The highest BCUT2D eigenvalue weighted by molar-refractivity contribution is 4.79. The molecule has 3 nitrogen and oxygen atoms in total. The van der Waals surface area contributed by atoms with Gasteiger partial charge in [0.05, 0.1) is 12.2 Å². The summed E-state index contributed by atoms with van der Waals surface area (Å²) in [6, 6.07) is 0. The van der Waals surface area contributed by atoms with E-state index < -0.39 is 0 Å². The summed E-state index contributed by atoms with van der Waals surface area (Å²) in [6.45, 7) is 6.88. The van der Waals surface area contributed by atoms with Crippen molar-refractivity contribution in [3.8, 4) is 0 Å². The van der Waals surface area contributed by atoms with Crippen LogP contribution in [-0.2, 0) is 4.74 Å². The lowest BCUT2D eigenvalue weighted by Crippen LogP contribution is -2.46. The van der Waals surface area contributed by atoms with E-state index in [1.807, 2.05) is 6.92 Å². The van der Waals surface area contributed by atoms with Gasteiger partial charge in [-0.15, -0.1) is 0 Å². The first kappa shape index (κ1) is 11.0. The second-order valence-corrected chi connectivity index (χ2v) is 4.15. The fourth-order valence-electron chi connectivity index (χ4n) is 1.94. The van der Waals surface area contributed by atoms with Crippen LogP contribution < -0.4 is 0 Å². The zero-order valence-electron chi connectivity index (χ0n) is 8.86. The van der Waals surface area contributed by atoms with Gasteiger partial charge in [-0.3, -0.25) is 4.90 Å². The highest BCUT2D eigenvalue weighted by Gasteiger charge is 2.26. The standard InChI is InChI=1S/C10H21NO2/c1-8-4-5-11(6-9(2)12)7-10(8)13-3/h8-10,12H,4-7H2,1-3H3/t8?,9-,10?/m0/s1. The molecular formula is C10H21NO2. The van der Waals surface area contributed by atoms with Gasteiger partial charge in [0.15, 0.2) is 0 Å². The zero-order chi connectivity index (χ0) is 9.84. The Kier molecular flexibility index (Phi) is 4.16. The SMILES string of the molecule is COC1CN(C[C@H](C)O)CCC1C. The molecule has 0 amide bonds. The molecule has 1 heterocycles. The van der Waals surface area contributed by atoms with Crippen LogP contribution in [0.3, 0.4) is 0 Å². The molecule has 78 valence electrons. The summed E-state index contributed by atoms with van der Waals surface area (Å²) in [5.74, 6) is 0.648. The average Bonchev–Trinajstić information content (AvgIpc) is 2.07. The van der Waals surface area contributed by atoms with E-state index in [4.69, 9.17) is 4.74 Å². The first-order chi connectivity index (χ1) is 6.13. The van der Waals surface area contributed by atoms with Gasteiger partial charge in [0.2, 0.25) is 0 Å². The smallest absolute Gasteiger partial charge is 0.0724 e. The van der Waals surface area contributed by atoms with Crippen LogP contribution in [-0.4, -0.2) is 49.0 Å². The molecule has 0 bridgehead atoms. The van der Waals surface area contributed by atoms with E-state index in [9.17, 15) is 5.11 Å². The van der Waals surface area contributed by atoms with Gasteiger partial charge in [-0.25, -0.2) is 0 Å². The Morgan fingerprint density at radius 2 is 2.31 bits per heavy atom. The molecule has 13 heavy (non-hydrogen) atoms. The Hall–Kier alpha value is -0.120. The van der Waals surface area contributed by atoms with Crippen LogP contribution in [0.5, 0.6) is 0 Å². The zero-order valence-corrected chi connectivity index (χ0v) is 8.86. The van der Waals surface area contributed by atoms with Crippen molar-refractivity contribution >= 4 is 0 Å². The number of rotatable bonds is 3. The molecule has 3 atom stereocenters. The molecule has 1 saturated heterocycles. The Morgan fingerprint density at radius 1 is 1.62 bits per heavy atom. The van der Waals surface area contributed by atoms with E-state index >= 15 is 0 Å². The van der Waals surface area contributed by atoms with Crippen molar-refractivity contribution in [2.75, 3.05) is 26.7 Å². The van der Waals surface area contributed by atoms with E-state index in [0.29, 0.717) is 12.0 Å². The lowest BCUT2D eigenvalue weighted by Gasteiger charge is -2.36. The van der Waals surface area contributed by atoms with Gasteiger partial charge in [0.1, 0.15) is 0 Å². The molecular weight excluding hydrogens is 166 g/mol. The predicted molar refractivity (Wildman–Crippen MR) is 52.7 cm³/mol. The highest BCUT2D eigenvalue weighted by atomic mass is 16.5. The molecule has 0 aromatic heterocycles. The number of aliphatic hydroxyl groups excluding tert-OH is 1. The highest BCUT2D eigenvalue weighted by Crippen LogP contribution is 2.19. The third kappa shape index (κ3) is 3.25. The molecule has 0 aromatic rings. The minimum Gasteiger partial charge on any atom is -0.392 e. The van der Waals surface area contributed by atoms with Crippen molar-refractivity contribution in [1.29, 1.82) is 0 Å². The van der Waals surface area contributed by atoms with Crippen LogP contribution in [0.1, 0.15) is 20.3 Å². The van der Waals surface area contributed by atoms with Crippen molar-refractivity contribution in [1.82, 2.24) is 4.90 Å². The van der Waals surface area contributed by atoms with E-state index in [1.54, 1.807) is 7.11 Å². The lowest BCUT2D eigenvalue weighted by atomic mass is 9.96. The summed E-state index contributed by atoms with van der Waals surface area (Å²) in [5, 5.41) is 9.25. The van der Waals surface area contributed by atoms with Crippen LogP contribution in [0.4, 0.5) is 0 Å². The normalized spacial score (nSPS) is 33.2. The first-order valence-electron chi connectivity index (χ1n) is 5.06. The third-order valence-corrected chi connectivity index (χ3v) is 2.80. The van der Waals surface area contributed by atoms with E-state index in [2.05, 4.69) is 11.8 Å². The summed E-state index contributed by atoms with van der Waals surface area (Å²) in [7, 11) is 1.77. The van der Waals surface area contributed by atoms with Gasteiger partial charge < -0.3 is 9.84 Å². The number of methoxy groups -OCH3 is 1. The molecule has 3 heteroatoms. The molecule has 1 fully saturated rings. The Labute approximate surface area is 80.7 Å². The third-order valence-electron chi connectivity index (χ3n) is 2.80. The Morgan fingerprint density at radius 3 is 2.85 bits per heavy atom. The number of ether oxygens (including phenoxy) is 1. The Balaban J connectivity index is 2.36. The molecule has 1 rings (SSSR count). The summed E-state index contributed by atoms with van der Waals surface area (Å²) < 4.78 is 5.39. The summed E-state index contributed by atoms with van der Waals surface area (Å²) in [5.41, 5.74) is 0. The Bertz CT molecular complexity index is 150. The van der Waals surface area contributed by atoms with E-state index in [0.717, 1.165) is 19.6 Å². The number of likely N-dealkylation sites (tertiary alicyclic amines) is 1. The molecule has 2 unspecified atom stereocenters. The molecule has 0 aromatic carbocycles. The van der Waals surface area contributed by atoms with E-state index in [-0.39, 0.29) is 6.10 Å². The van der Waals surface area contributed by atoms with Gasteiger partial charge in [0, 0.05) is 20.2 Å². The lowest BCUT2D eigenvalue weighted by molar-refractivity contribution is -0.0158. The van der Waals surface area contributed by atoms with Crippen LogP contribution in [0.15, 0.2) is 0 Å². The predicted octanol–water partition coefficient (Wildman–Crippen LogP) is 0.724. The van der Waals surface area contributed by atoms with Crippen molar-refractivity contribution in [3.05, 3.63) is 0 Å². The summed E-state index contributed by atoms with van der Waals surface area (Å²) in [6.07, 6.45) is 1.28. The van der Waals surface area contributed by atoms with Gasteiger partial charge in [0.25, 0.3) is 0 Å². The van der Waals surface area contributed by atoms with Gasteiger partial charge >= 0.3 is 0 Å². The van der Waals surface area contributed by atoms with Crippen LogP contribution in [0.2, 0.25) is 0 Å². The number of piperidine rings is 1. The maximum absolute atomic E-state index is 9.25. The average molecular weight is 187 g/mol. The quantitative estimate of drug-likeness (QED) is 0.707. The van der Waals surface area contributed by atoms with Gasteiger partial charge in [-0.1, -0.05) is 6.92 Å². The van der Waals surface area contributed by atoms with E-state index in [1.165, 1.54) is 6.42 Å². The first-order valence-corrected chi connectivity index (χ1v) is 5.06. The number of aliphatic hydroxyl groups is 1. The van der Waals surface area contributed by atoms with Gasteiger partial charge in [-0.2, -0.15) is 0 Å². The molecule has 0 radical (unpaired) electrons. The summed E-state index contributed by atoms with van der Waals surface area (Å²) >= 11 is 0. The van der Waals surface area contributed by atoms with Crippen molar-refractivity contribution in [2.45, 2.75) is 32.5 Å². The van der Waals surface area contributed by atoms with Crippen LogP contribution in [0, 0.1) is 5.92 Å². The maximum Gasteiger partial charge on any atom is 0.0724 e. The van der Waals surface area contributed by atoms with Crippen molar-refractivity contribution < 1.29 is 9.84 Å². The topological polar surface area (TPSA) is 32.7 Å². The number of hydrogen-bond donors (Lipinski definition) is 1. The number of hydrogen-bond acceptors (Lipinski definition) is 3. The molecule has 1 aliphatic heterocycles. The fourth-order valence-corrected chi connectivity index (χ4v) is 1.94. The largest absolute Gasteiger partial charge is 0.392 e. The molecule has 0 aliphatic carbocycles. The van der Waals surface area contributed by atoms with Crippen molar-refractivity contribution in [2.24, 2.45) is 5.92 Å². The second-order valence-electron chi connectivity index (χ2n) is 4.15. The van der Waals surface area contributed by atoms with Gasteiger partial charge in [-0.05, 0) is 25.8 Å². The maximum atomic E-state index is 9.25. The summed E-state index contributed by atoms with van der Waals surface area (Å²) in [4.78, 5) is 2.28.